The van der Waals surface area contributed by atoms with Gasteiger partial charge in [-0.3, -0.25) is 4.90 Å². The predicted molar refractivity (Wildman–Crippen MR) is 122 cm³/mol. The Balaban J connectivity index is 1.23. The molecule has 6 nitrogen and oxygen atoms in total. The van der Waals surface area contributed by atoms with Crippen molar-refractivity contribution in [3.05, 3.63) is 53.0 Å². The molecule has 7 heteroatoms. The van der Waals surface area contributed by atoms with E-state index in [2.05, 4.69) is 34.1 Å². The molecule has 2 aliphatic rings. The summed E-state index contributed by atoms with van der Waals surface area (Å²) in [6, 6.07) is 16.4. The largest absolute Gasteiger partial charge is 0.465 e. The maximum atomic E-state index is 9.62. The number of rotatable bonds is 5. The molecule has 1 aromatic heterocycles. The number of benzene rings is 2. The van der Waals surface area contributed by atoms with Gasteiger partial charge in [0.2, 0.25) is 0 Å². The minimum Gasteiger partial charge on any atom is -0.465 e. The Labute approximate surface area is 186 Å². The molecule has 31 heavy (non-hydrogen) atoms. The van der Waals surface area contributed by atoms with Crippen LogP contribution < -0.4 is 9.64 Å². The molecule has 2 saturated heterocycles. The highest BCUT2D eigenvalue weighted by Gasteiger charge is 2.22. The summed E-state index contributed by atoms with van der Waals surface area (Å²) in [6.07, 6.45) is 2.96. The number of hydrogen-bond acceptors (Lipinski definition) is 7. The third kappa shape index (κ3) is 4.67. The van der Waals surface area contributed by atoms with Gasteiger partial charge in [-0.15, -0.1) is 11.3 Å². The zero-order chi connectivity index (χ0) is 21.0. The fourth-order valence-corrected chi connectivity index (χ4v) is 5.23. The Hall–Kier alpha value is -2.66. The van der Waals surface area contributed by atoms with Crippen molar-refractivity contribution in [2.45, 2.75) is 32.1 Å². The monoisotopic (exact) mass is 434 g/mol. The van der Waals surface area contributed by atoms with Gasteiger partial charge in [-0.05, 0) is 37.1 Å². The van der Waals surface area contributed by atoms with Crippen LogP contribution in [0.1, 0.15) is 29.8 Å². The highest BCUT2D eigenvalue weighted by Crippen LogP contribution is 2.29. The van der Waals surface area contributed by atoms with Crippen LogP contribution in [-0.2, 0) is 11.3 Å². The lowest BCUT2D eigenvalue weighted by atomic mass is 10.1. The van der Waals surface area contributed by atoms with Crippen LogP contribution in [0.3, 0.4) is 0 Å². The summed E-state index contributed by atoms with van der Waals surface area (Å²) >= 11 is 1.77. The number of piperazine rings is 1. The topological polar surface area (TPSA) is 61.6 Å². The van der Waals surface area contributed by atoms with Crippen molar-refractivity contribution in [2.75, 3.05) is 37.7 Å². The summed E-state index contributed by atoms with van der Waals surface area (Å²) in [6.45, 7) is 5.27. The lowest BCUT2D eigenvalue weighted by Gasteiger charge is -2.36. The Morgan fingerprint density at radius 3 is 2.77 bits per heavy atom. The third-order valence-electron chi connectivity index (χ3n) is 5.91. The first kappa shape index (κ1) is 20.3. The first-order chi connectivity index (χ1) is 15.3. The third-order valence-corrected chi connectivity index (χ3v) is 6.93. The molecule has 0 saturated carbocycles. The Morgan fingerprint density at radius 1 is 1.13 bits per heavy atom. The summed E-state index contributed by atoms with van der Waals surface area (Å²) in [5, 5.41) is 10.8. The van der Waals surface area contributed by atoms with Crippen LogP contribution in [0.25, 0.3) is 10.2 Å². The fourth-order valence-electron chi connectivity index (χ4n) is 4.22. The Bertz CT molecular complexity index is 1050. The van der Waals surface area contributed by atoms with Crippen LogP contribution in [0.2, 0.25) is 0 Å². The molecule has 1 unspecified atom stereocenters. The van der Waals surface area contributed by atoms with Gasteiger partial charge < -0.3 is 14.4 Å². The van der Waals surface area contributed by atoms with Crippen molar-refractivity contribution in [2.24, 2.45) is 0 Å². The molecule has 3 heterocycles. The maximum absolute atomic E-state index is 9.62. The molecule has 0 radical (unpaired) electrons. The number of nitriles is 1. The molecule has 5 rings (SSSR count). The second-order valence-corrected chi connectivity index (χ2v) is 9.16. The van der Waals surface area contributed by atoms with E-state index in [1.54, 1.807) is 11.3 Å². The first-order valence-electron chi connectivity index (χ1n) is 10.9. The van der Waals surface area contributed by atoms with E-state index in [0.29, 0.717) is 5.56 Å². The minimum atomic E-state index is -0.180. The molecule has 3 aromatic rings. The summed E-state index contributed by atoms with van der Waals surface area (Å²) in [4.78, 5) is 9.50. The van der Waals surface area contributed by atoms with Crippen LogP contribution in [0.15, 0.2) is 42.5 Å². The van der Waals surface area contributed by atoms with Gasteiger partial charge in [-0.25, -0.2) is 4.98 Å². The molecule has 160 valence electrons. The van der Waals surface area contributed by atoms with Crippen molar-refractivity contribution in [1.82, 2.24) is 9.88 Å². The van der Waals surface area contributed by atoms with Gasteiger partial charge >= 0.3 is 0 Å². The number of para-hydroxylation sites is 1. The van der Waals surface area contributed by atoms with Crippen LogP contribution in [-0.4, -0.2) is 49.0 Å². The molecular weight excluding hydrogens is 408 g/mol. The number of aromatic nitrogens is 1. The van der Waals surface area contributed by atoms with Crippen molar-refractivity contribution < 1.29 is 9.47 Å². The van der Waals surface area contributed by atoms with E-state index in [1.807, 2.05) is 24.3 Å². The summed E-state index contributed by atoms with van der Waals surface area (Å²) in [5.74, 6) is 0.776. The van der Waals surface area contributed by atoms with Gasteiger partial charge in [0, 0.05) is 38.7 Å². The van der Waals surface area contributed by atoms with Gasteiger partial charge in [0.15, 0.2) is 6.29 Å². The van der Waals surface area contributed by atoms with Crippen LogP contribution in [0.5, 0.6) is 5.75 Å². The average Bonchev–Trinajstić information content (AvgIpc) is 3.22. The summed E-state index contributed by atoms with van der Waals surface area (Å²) in [7, 11) is 0. The van der Waals surface area contributed by atoms with E-state index in [9.17, 15) is 5.26 Å². The van der Waals surface area contributed by atoms with Crippen molar-refractivity contribution in [3.8, 4) is 11.8 Å². The van der Waals surface area contributed by atoms with E-state index in [1.165, 1.54) is 4.70 Å². The quantitative estimate of drug-likeness (QED) is 0.593. The highest BCUT2D eigenvalue weighted by molar-refractivity contribution is 7.18. The predicted octanol–water partition coefficient (Wildman–Crippen LogP) is 4.40. The second-order valence-electron chi connectivity index (χ2n) is 8.04. The molecule has 0 amide bonds. The zero-order valence-corrected chi connectivity index (χ0v) is 18.3. The van der Waals surface area contributed by atoms with Gasteiger partial charge in [-0.2, -0.15) is 5.26 Å². The molecule has 2 aliphatic heterocycles. The summed E-state index contributed by atoms with van der Waals surface area (Å²) < 4.78 is 13.0. The molecule has 2 aromatic carbocycles. The number of fused-ring (bicyclic) bond motifs is 1. The van der Waals surface area contributed by atoms with E-state index in [-0.39, 0.29) is 6.29 Å². The number of ether oxygens (including phenoxy) is 2. The van der Waals surface area contributed by atoms with Gasteiger partial charge in [0.05, 0.1) is 34.6 Å². The van der Waals surface area contributed by atoms with Gasteiger partial charge in [0.1, 0.15) is 16.8 Å². The van der Waals surface area contributed by atoms with Crippen molar-refractivity contribution in [3.63, 3.8) is 0 Å². The number of anilines is 1. The smallest absolute Gasteiger partial charge is 0.199 e. The molecular formula is C24H26N4O2S. The fraction of sp³-hybridized carbons (Fsp3) is 0.417. The maximum Gasteiger partial charge on any atom is 0.199 e. The van der Waals surface area contributed by atoms with Crippen LogP contribution in [0, 0.1) is 11.3 Å². The number of nitrogens with zero attached hydrogens (tertiary/aromatic N) is 4. The van der Waals surface area contributed by atoms with Gasteiger partial charge in [-0.1, -0.05) is 12.1 Å². The van der Waals surface area contributed by atoms with E-state index < -0.39 is 0 Å². The summed E-state index contributed by atoms with van der Waals surface area (Å²) in [5.41, 5.74) is 2.73. The lowest BCUT2D eigenvalue weighted by Crippen LogP contribution is -2.46. The van der Waals surface area contributed by atoms with Gasteiger partial charge in [0.25, 0.3) is 0 Å². The SMILES string of the molecule is N#Cc1ccc(OC2CCCCO2)cc1N1CCN(Cc2nc3ccccc3s2)CC1. The molecule has 1 atom stereocenters. The zero-order valence-electron chi connectivity index (χ0n) is 17.5. The average molecular weight is 435 g/mol. The standard InChI is InChI=1S/C24H26N4O2S/c25-16-18-8-9-19(30-24-7-3-4-14-29-24)15-21(18)28-12-10-27(11-13-28)17-23-26-20-5-1-2-6-22(20)31-23/h1-2,5-6,8-9,15,24H,3-4,7,10-14,17H2. The first-order valence-corrected chi connectivity index (χ1v) is 11.7. The number of hydrogen-bond donors (Lipinski definition) is 0. The van der Waals surface area contributed by atoms with E-state index in [4.69, 9.17) is 14.5 Å². The van der Waals surface area contributed by atoms with Crippen LogP contribution in [0.4, 0.5) is 5.69 Å². The van der Waals surface area contributed by atoms with Crippen molar-refractivity contribution >= 4 is 27.2 Å². The Kier molecular flexibility index (Phi) is 6.03. The highest BCUT2D eigenvalue weighted by atomic mass is 32.1. The Morgan fingerprint density at radius 2 is 2.00 bits per heavy atom. The van der Waals surface area contributed by atoms with E-state index >= 15 is 0 Å². The van der Waals surface area contributed by atoms with Crippen LogP contribution >= 0.6 is 11.3 Å². The molecule has 0 bridgehead atoms. The lowest BCUT2D eigenvalue weighted by molar-refractivity contribution is -0.105. The molecule has 0 N–H and O–H groups in total. The normalized spacial score (nSPS) is 20.0. The molecule has 0 aliphatic carbocycles. The number of thiazole rings is 1. The van der Waals surface area contributed by atoms with E-state index in [0.717, 1.165) is 80.6 Å². The molecule has 2 fully saturated rings. The molecule has 0 spiro atoms. The van der Waals surface area contributed by atoms with Crippen molar-refractivity contribution in [1.29, 1.82) is 5.26 Å². The second kappa shape index (κ2) is 9.23. The minimum absolute atomic E-state index is 0.180.